The first-order valence-electron chi connectivity index (χ1n) is 2.38. The number of hydrogen-bond acceptors (Lipinski definition) is 2. The predicted molar refractivity (Wildman–Crippen MR) is 39.0 cm³/mol. The maximum atomic E-state index is 5.37. The third-order valence-corrected chi connectivity index (χ3v) is 1.14. The number of nitrogens with zero attached hydrogens (tertiary/aromatic N) is 3. The molecule has 0 saturated heterocycles. The number of aromatic nitrogens is 2. The zero-order chi connectivity index (χ0) is 6.69. The predicted octanol–water partition coefficient (Wildman–Crippen LogP) is -0.164. The molecule has 1 unspecified atom stereocenters. The lowest BCUT2D eigenvalue weighted by Crippen LogP contribution is -2.21. The lowest BCUT2D eigenvalue weighted by Gasteiger charge is -1.94. The summed E-state index contributed by atoms with van der Waals surface area (Å²) < 4.78 is 5.12. The molecule has 1 rings (SSSR count). The number of rotatable bonds is 0. The van der Waals surface area contributed by atoms with Gasteiger partial charge in [-0.15, -0.1) is 0 Å². The van der Waals surface area contributed by atoms with Crippen LogP contribution in [-0.4, -0.2) is 15.7 Å². The molecule has 48 valence electrons. The van der Waals surface area contributed by atoms with Crippen LogP contribution in [-0.2, 0) is 0 Å². The molecular formula is C4H7N4P. The smallest absolute Gasteiger partial charge is 0.219 e. The lowest BCUT2D eigenvalue weighted by atomic mass is 10.7. The van der Waals surface area contributed by atoms with Gasteiger partial charge in [-0.25, -0.2) is 9.44 Å². The minimum atomic E-state index is 0.366. The average molecular weight is 142 g/mol. The Balaban J connectivity index is 2.90. The van der Waals surface area contributed by atoms with Gasteiger partial charge in [-0.05, 0) is 15.5 Å². The molecule has 0 radical (unpaired) electrons. The Morgan fingerprint density at radius 3 is 3.00 bits per heavy atom. The fourth-order valence-corrected chi connectivity index (χ4v) is 0.582. The molecule has 1 atom stereocenters. The molecule has 0 saturated carbocycles. The summed E-state index contributed by atoms with van der Waals surface area (Å²) in [6, 6.07) is 1.78. The van der Waals surface area contributed by atoms with Gasteiger partial charge in [0.25, 0.3) is 0 Å². The third-order valence-electron chi connectivity index (χ3n) is 0.871. The summed E-state index contributed by atoms with van der Waals surface area (Å²) >= 11 is 0. The van der Waals surface area contributed by atoms with Gasteiger partial charge in [-0.3, -0.25) is 0 Å². The van der Waals surface area contributed by atoms with Crippen LogP contribution in [0.2, 0.25) is 0 Å². The first kappa shape index (κ1) is 6.23. The number of nitrogens with two attached hydrogens (primary N) is 1. The molecule has 1 aromatic rings. The normalized spacial score (nSPS) is 11.9. The molecule has 4 nitrogen and oxygen atoms in total. The Kier molecular flexibility index (Phi) is 1.80. The minimum absolute atomic E-state index is 0.366. The Morgan fingerprint density at radius 1 is 1.78 bits per heavy atom. The van der Waals surface area contributed by atoms with Crippen LogP contribution in [0.4, 0.5) is 0 Å². The van der Waals surface area contributed by atoms with Crippen molar-refractivity contribution in [2.45, 2.75) is 0 Å². The van der Waals surface area contributed by atoms with Crippen molar-refractivity contribution >= 4 is 15.4 Å². The van der Waals surface area contributed by atoms with Gasteiger partial charge in [-0.2, -0.15) is 5.10 Å². The van der Waals surface area contributed by atoms with E-state index in [9.17, 15) is 0 Å². The molecule has 1 heterocycles. The summed E-state index contributed by atoms with van der Waals surface area (Å²) in [5.74, 6) is 0.366. The van der Waals surface area contributed by atoms with Crippen molar-refractivity contribution in [2.75, 3.05) is 0 Å². The van der Waals surface area contributed by atoms with Crippen LogP contribution >= 0.6 is 9.39 Å². The van der Waals surface area contributed by atoms with Crippen LogP contribution in [0.1, 0.15) is 0 Å². The van der Waals surface area contributed by atoms with Crippen LogP contribution < -0.4 is 5.73 Å². The lowest BCUT2D eigenvalue weighted by molar-refractivity contribution is 0.925. The maximum Gasteiger partial charge on any atom is 0.219 e. The summed E-state index contributed by atoms with van der Waals surface area (Å²) in [7, 11) is 2.16. The van der Waals surface area contributed by atoms with Crippen molar-refractivity contribution < 1.29 is 0 Å². The molecule has 5 heteroatoms. The SMILES string of the molecule is N/C(=N/P)n1cccn1. The van der Waals surface area contributed by atoms with Crippen LogP contribution in [0.3, 0.4) is 0 Å². The van der Waals surface area contributed by atoms with Gasteiger partial charge in [0.1, 0.15) is 0 Å². The van der Waals surface area contributed by atoms with Crippen molar-refractivity contribution in [2.24, 2.45) is 10.5 Å². The Bertz CT molecular complexity index is 202. The van der Waals surface area contributed by atoms with Crippen LogP contribution in [0.5, 0.6) is 0 Å². The molecule has 1 aromatic heterocycles. The highest BCUT2D eigenvalue weighted by Crippen LogP contribution is 1.85. The van der Waals surface area contributed by atoms with Crippen molar-refractivity contribution in [1.29, 1.82) is 0 Å². The van der Waals surface area contributed by atoms with Crippen molar-refractivity contribution in [3.63, 3.8) is 0 Å². The molecule has 0 spiro atoms. The molecule has 9 heavy (non-hydrogen) atoms. The summed E-state index contributed by atoms with van der Waals surface area (Å²) in [6.45, 7) is 0. The topological polar surface area (TPSA) is 56.2 Å². The summed E-state index contributed by atoms with van der Waals surface area (Å²) in [5, 5.41) is 3.83. The Hall–Kier alpha value is -0.890. The average Bonchev–Trinajstić information content (AvgIpc) is 2.37. The Morgan fingerprint density at radius 2 is 2.56 bits per heavy atom. The highest BCUT2D eigenvalue weighted by molar-refractivity contribution is 7.15. The van der Waals surface area contributed by atoms with E-state index in [1.165, 1.54) is 4.68 Å². The molecule has 0 amide bonds. The quantitative estimate of drug-likeness (QED) is 0.311. The van der Waals surface area contributed by atoms with Gasteiger partial charge >= 0.3 is 0 Å². The fourth-order valence-electron chi connectivity index (χ4n) is 0.463. The highest BCUT2D eigenvalue weighted by atomic mass is 31.0. The molecular weight excluding hydrogens is 135 g/mol. The van der Waals surface area contributed by atoms with E-state index in [4.69, 9.17) is 5.73 Å². The monoisotopic (exact) mass is 142 g/mol. The third kappa shape index (κ3) is 1.27. The van der Waals surface area contributed by atoms with E-state index in [0.717, 1.165) is 0 Å². The van der Waals surface area contributed by atoms with E-state index < -0.39 is 0 Å². The van der Waals surface area contributed by atoms with E-state index in [-0.39, 0.29) is 0 Å². The van der Waals surface area contributed by atoms with E-state index >= 15 is 0 Å². The van der Waals surface area contributed by atoms with E-state index in [1.54, 1.807) is 18.5 Å². The molecule has 0 bridgehead atoms. The molecule has 0 aliphatic rings. The maximum absolute atomic E-state index is 5.37. The van der Waals surface area contributed by atoms with Crippen LogP contribution in [0.25, 0.3) is 0 Å². The van der Waals surface area contributed by atoms with Crippen molar-refractivity contribution in [3.8, 4) is 0 Å². The summed E-state index contributed by atoms with van der Waals surface area (Å²) in [5.41, 5.74) is 5.37. The van der Waals surface area contributed by atoms with Gasteiger partial charge in [0.05, 0.1) is 0 Å². The van der Waals surface area contributed by atoms with E-state index in [2.05, 4.69) is 19.3 Å². The van der Waals surface area contributed by atoms with Gasteiger partial charge in [0, 0.05) is 12.4 Å². The first-order valence-corrected chi connectivity index (χ1v) is 2.89. The molecule has 2 N–H and O–H groups in total. The van der Waals surface area contributed by atoms with E-state index in [1.807, 2.05) is 0 Å². The molecule has 0 aliphatic heterocycles. The van der Waals surface area contributed by atoms with Crippen molar-refractivity contribution in [3.05, 3.63) is 18.5 Å². The standard InChI is InChI=1S/C4H7N4P/c5-4(7-9)8-3-1-2-6-8/h1-3H,9H2,(H2,5,7). The van der Waals surface area contributed by atoms with Gasteiger partial charge in [-0.1, -0.05) is 0 Å². The number of hydrogen-bond donors (Lipinski definition) is 1. The van der Waals surface area contributed by atoms with Gasteiger partial charge in [0.15, 0.2) is 0 Å². The zero-order valence-electron chi connectivity index (χ0n) is 4.73. The first-order chi connectivity index (χ1) is 4.34. The largest absolute Gasteiger partial charge is 0.368 e. The van der Waals surface area contributed by atoms with Crippen LogP contribution in [0, 0.1) is 0 Å². The molecule has 0 aromatic carbocycles. The Labute approximate surface area is 55.0 Å². The molecule has 0 fully saturated rings. The summed E-state index contributed by atoms with van der Waals surface area (Å²) in [6.07, 6.45) is 3.37. The second-order valence-electron chi connectivity index (χ2n) is 1.44. The highest BCUT2D eigenvalue weighted by Gasteiger charge is 1.89. The van der Waals surface area contributed by atoms with E-state index in [0.29, 0.717) is 5.96 Å². The van der Waals surface area contributed by atoms with Gasteiger partial charge < -0.3 is 5.73 Å². The minimum Gasteiger partial charge on any atom is -0.368 e. The van der Waals surface area contributed by atoms with Crippen LogP contribution in [0.15, 0.2) is 23.2 Å². The van der Waals surface area contributed by atoms with Crippen molar-refractivity contribution in [1.82, 2.24) is 9.78 Å². The molecule has 0 aliphatic carbocycles. The fraction of sp³-hybridized carbons (Fsp3) is 0. The summed E-state index contributed by atoms with van der Waals surface area (Å²) in [4.78, 5) is 0. The zero-order valence-corrected chi connectivity index (χ0v) is 5.88. The second kappa shape index (κ2) is 2.60. The van der Waals surface area contributed by atoms with Gasteiger partial charge in [0.2, 0.25) is 5.96 Å². The second-order valence-corrected chi connectivity index (χ2v) is 1.70.